The van der Waals surface area contributed by atoms with E-state index in [0.29, 0.717) is 18.2 Å². The standard InChI is InChI=1S/C20H28FNOS2/c21-18-10-8-16(9-11-18)17-5-3-4-13-22(15-17)20(23)7-2-1-6-19-12-14-24-25-19/h8-11,17,19H,1-7,12-15H2. The van der Waals surface area contributed by atoms with Crippen LogP contribution in [-0.2, 0) is 4.79 Å². The number of carbonyl (C=O) groups is 1. The lowest BCUT2D eigenvalue weighted by atomic mass is 9.94. The van der Waals surface area contributed by atoms with Crippen LogP contribution in [0.25, 0.3) is 0 Å². The zero-order chi connectivity index (χ0) is 17.5. The van der Waals surface area contributed by atoms with Gasteiger partial charge in [-0.25, -0.2) is 4.39 Å². The Morgan fingerprint density at radius 3 is 2.76 bits per heavy atom. The molecule has 0 spiro atoms. The Kier molecular flexibility index (Phi) is 7.53. The molecule has 2 saturated heterocycles. The Bertz CT molecular complexity index is 545. The van der Waals surface area contributed by atoms with Gasteiger partial charge in [0.2, 0.25) is 5.91 Å². The maximum atomic E-state index is 13.2. The summed E-state index contributed by atoms with van der Waals surface area (Å²) in [6.07, 6.45) is 8.75. The van der Waals surface area contributed by atoms with Gasteiger partial charge < -0.3 is 4.90 Å². The summed E-state index contributed by atoms with van der Waals surface area (Å²) in [4.78, 5) is 14.7. The SMILES string of the molecule is O=C(CCCCC1CCSS1)N1CCCCC(c2ccc(F)cc2)C1. The molecular weight excluding hydrogens is 353 g/mol. The number of unbranched alkanes of at least 4 members (excludes halogenated alkanes) is 1. The summed E-state index contributed by atoms with van der Waals surface area (Å²) in [5.41, 5.74) is 1.16. The van der Waals surface area contributed by atoms with Gasteiger partial charge >= 0.3 is 0 Å². The molecule has 0 radical (unpaired) electrons. The van der Waals surface area contributed by atoms with Crippen LogP contribution in [-0.4, -0.2) is 34.9 Å². The van der Waals surface area contributed by atoms with Gasteiger partial charge in [-0.05, 0) is 49.8 Å². The second-order valence-corrected chi connectivity index (χ2v) is 9.95. The summed E-state index contributed by atoms with van der Waals surface area (Å²) >= 11 is 0. The fourth-order valence-corrected chi connectivity index (χ4v) is 6.77. The number of likely N-dealkylation sites (tertiary alicyclic amines) is 1. The summed E-state index contributed by atoms with van der Waals surface area (Å²) in [7, 11) is 4.01. The second-order valence-electron chi connectivity index (χ2n) is 7.16. The summed E-state index contributed by atoms with van der Waals surface area (Å²) < 4.78 is 13.2. The number of halogens is 1. The smallest absolute Gasteiger partial charge is 0.222 e. The lowest BCUT2D eigenvalue weighted by Crippen LogP contribution is -2.33. The quantitative estimate of drug-likeness (QED) is 0.470. The van der Waals surface area contributed by atoms with E-state index in [2.05, 4.69) is 4.90 Å². The first-order valence-electron chi connectivity index (χ1n) is 9.54. The van der Waals surface area contributed by atoms with E-state index in [1.807, 2.05) is 33.7 Å². The van der Waals surface area contributed by atoms with Gasteiger partial charge in [0, 0.05) is 36.4 Å². The number of rotatable bonds is 6. The van der Waals surface area contributed by atoms with Gasteiger partial charge in [0.1, 0.15) is 5.82 Å². The summed E-state index contributed by atoms with van der Waals surface area (Å²) in [5, 5.41) is 0.807. The van der Waals surface area contributed by atoms with E-state index in [-0.39, 0.29) is 5.82 Å². The molecule has 2 aliphatic heterocycles. The van der Waals surface area contributed by atoms with Crippen molar-refractivity contribution in [2.24, 2.45) is 0 Å². The van der Waals surface area contributed by atoms with Gasteiger partial charge in [-0.15, -0.1) is 0 Å². The van der Waals surface area contributed by atoms with Gasteiger partial charge in [-0.3, -0.25) is 4.79 Å². The first-order valence-corrected chi connectivity index (χ1v) is 11.9. The fourth-order valence-electron chi connectivity index (χ4n) is 3.75. The molecule has 2 fully saturated rings. The Morgan fingerprint density at radius 2 is 2.00 bits per heavy atom. The molecule has 1 aromatic rings. The third-order valence-electron chi connectivity index (χ3n) is 5.26. The van der Waals surface area contributed by atoms with Crippen LogP contribution in [0.2, 0.25) is 0 Å². The topological polar surface area (TPSA) is 20.3 Å². The number of benzene rings is 1. The third-order valence-corrected chi connectivity index (χ3v) is 8.27. The second kappa shape index (κ2) is 9.86. The van der Waals surface area contributed by atoms with Crippen LogP contribution < -0.4 is 0 Å². The van der Waals surface area contributed by atoms with Crippen LogP contribution in [0.3, 0.4) is 0 Å². The maximum absolute atomic E-state index is 13.2. The Morgan fingerprint density at radius 1 is 1.16 bits per heavy atom. The fraction of sp³-hybridized carbons (Fsp3) is 0.650. The first kappa shape index (κ1) is 19.1. The van der Waals surface area contributed by atoms with Gasteiger partial charge in [0.05, 0.1) is 0 Å². The van der Waals surface area contributed by atoms with Gasteiger partial charge in [-0.1, -0.05) is 46.6 Å². The third kappa shape index (κ3) is 5.92. The highest BCUT2D eigenvalue weighted by molar-refractivity contribution is 8.77. The molecule has 138 valence electrons. The van der Waals surface area contributed by atoms with Crippen molar-refractivity contribution >= 4 is 27.5 Å². The lowest BCUT2D eigenvalue weighted by Gasteiger charge is -2.25. The van der Waals surface area contributed by atoms with Crippen LogP contribution in [0.1, 0.15) is 62.8 Å². The number of nitrogens with zero attached hydrogens (tertiary/aromatic N) is 1. The van der Waals surface area contributed by atoms with E-state index in [1.165, 1.54) is 37.1 Å². The predicted octanol–water partition coefficient (Wildman–Crippen LogP) is 5.64. The first-order chi connectivity index (χ1) is 12.2. The Labute approximate surface area is 158 Å². The van der Waals surface area contributed by atoms with Crippen LogP contribution >= 0.6 is 21.6 Å². The van der Waals surface area contributed by atoms with E-state index in [1.54, 1.807) is 0 Å². The monoisotopic (exact) mass is 381 g/mol. The summed E-state index contributed by atoms with van der Waals surface area (Å²) in [6, 6.07) is 6.83. The minimum Gasteiger partial charge on any atom is -0.342 e. The molecule has 2 nitrogen and oxygen atoms in total. The summed E-state index contributed by atoms with van der Waals surface area (Å²) in [5.74, 6) is 1.75. The van der Waals surface area contributed by atoms with Gasteiger partial charge in [-0.2, -0.15) is 0 Å². The van der Waals surface area contributed by atoms with E-state index in [9.17, 15) is 9.18 Å². The highest BCUT2D eigenvalue weighted by Crippen LogP contribution is 2.40. The lowest BCUT2D eigenvalue weighted by molar-refractivity contribution is -0.131. The van der Waals surface area contributed by atoms with Crippen molar-refractivity contribution in [2.75, 3.05) is 18.8 Å². The highest BCUT2D eigenvalue weighted by atomic mass is 33.1. The van der Waals surface area contributed by atoms with Crippen LogP contribution in [0, 0.1) is 5.82 Å². The molecule has 0 bridgehead atoms. The molecule has 1 aromatic carbocycles. The molecule has 2 atom stereocenters. The predicted molar refractivity (Wildman–Crippen MR) is 106 cm³/mol. The molecule has 0 N–H and O–H groups in total. The normalized spacial score (nSPS) is 24.3. The van der Waals surface area contributed by atoms with Crippen molar-refractivity contribution in [3.63, 3.8) is 0 Å². The average molecular weight is 382 g/mol. The molecular formula is C20H28FNOS2. The van der Waals surface area contributed by atoms with Gasteiger partial charge in [0.15, 0.2) is 0 Å². The number of amides is 1. The zero-order valence-electron chi connectivity index (χ0n) is 14.8. The van der Waals surface area contributed by atoms with Crippen LogP contribution in [0.15, 0.2) is 24.3 Å². The summed E-state index contributed by atoms with van der Waals surface area (Å²) in [6.45, 7) is 1.67. The molecule has 0 saturated carbocycles. The van der Waals surface area contributed by atoms with Crippen molar-refractivity contribution < 1.29 is 9.18 Å². The van der Waals surface area contributed by atoms with E-state index in [4.69, 9.17) is 0 Å². The minimum absolute atomic E-state index is 0.191. The molecule has 2 unspecified atom stereocenters. The number of hydrogen-bond donors (Lipinski definition) is 0. The van der Waals surface area contributed by atoms with Crippen LogP contribution in [0.5, 0.6) is 0 Å². The molecule has 2 aliphatic rings. The molecule has 25 heavy (non-hydrogen) atoms. The van der Waals surface area contributed by atoms with E-state index >= 15 is 0 Å². The zero-order valence-corrected chi connectivity index (χ0v) is 16.4. The number of carbonyl (C=O) groups excluding carboxylic acids is 1. The Hall–Kier alpha value is -0.680. The molecule has 1 amide bonds. The molecule has 0 aromatic heterocycles. The minimum atomic E-state index is -0.191. The van der Waals surface area contributed by atoms with Crippen molar-refractivity contribution in [3.8, 4) is 0 Å². The molecule has 3 rings (SSSR count). The Balaban J connectivity index is 1.46. The van der Waals surface area contributed by atoms with E-state index < -0.39 is 0 Å². The van der Waals surface area contributed by atoms with Crippen molar-refractivity contribution in [1.82, 2.24) is 4.90 Å². The van der Waals surface area contributed by atoms with Crippen molar-refractivity contribution in [1.29, 1.82) is 0 Å². The maximum Gasteiger partial charge on any atom is 0.222 e. The van der Waals surface area contributed by atoms with Gasteiger partial charge in [0.25, 0.3) is 0 Å². The molecule has 0 aliphatic carbocycles. The van der Waals surface area contributed by atoms with Crippen LogP contribution in [0.4, 0.5) is 4.39 Å². The number of hydrogen-bond acceptors (Lipinski definition) is 3. The van der Waals surface area contributed by atoms with E-state index in [0.717, 1.165) is 49.6 Å². The highest BCUT2D eigenvalue weighted by Gasteiger charge is 2.23. The van der Waals surface area contributed by atoms with Crippen molar-refractivity contribution in [3.05, 3.63) is 35.6 Å². The average Bonchev–Trinajstić information content (AvgIpc) is 3.02. The largest absolute Gasteiger partial charge is 0.342 e. The van der Waals surface area contributed by atoms with Crippen molar-refractivity contribution in [2.45, 2.75) is 62.5 Å². The molecule has 2 heterocycles. The molecule has 5 heteroatoms.